The number of anilines is 2. The molecular weight excluding hydrogens is 510 g/mol. The second kappa shape index (κ2) is 9.98. The number of hydrogen-bond donors (Lipinski definition) is 3. The number of urea groups is 1. The highest BCUT2D eigenvalue weighted by Crippen LogP contribution is 2.47. The third kappa shape index (κ3) is 4.92. The van der Waals surface area contributed by atoms with Crippen molar-refractivity contribution in [3.8, 4) is 10.4 Å². The smallest absolute Gasteiger partial charge is 0.323 e. The molecule has 3 aromatic rings. The molecule has 11 heteroatoms. The van der Waals surface area contributed by atoms with Crippen LogP contribution in [0.15, 0.2) is 60.7 Å². The molecule has 2 heterocycles. The van der Waals surface area contributed by atoms with E-state index >= 15 is 0 Å². The van der Waals surface area contributed by atoms with E-state index in [0.29, 0.717) is 40.5 Å². The Labute approximate surface area is 212 Å². The molecule has 3 amide bonds. The number of benzene rings is 2. The zero-order valence-corrected chi connectivity index (χ0v) is 21.0. The van der Waals surface area contributed by atoms with E-state index in [4.69, 9.17) is 22.5 Å². The van der Waals surface area contributed by atoms with Crippen LogP contribution in [0.3, 0.4) is 0 Å². The summed E-state index contributed by atoms with van der Waals surface area (Å²) in [6, 6.07) is 16.7. The molecule has 1 aromatic heterocycles. The van der Waals surface area contributed by atoms with Crippen molar-refractivity contribution in [3.63, 3.8) is 0 Å². The third-order valence-electron chi connectivity index (χ3n) is 6.16. The minimum atomic E-state index is -3.63. The summed E-state index contributed by atoms with van der Waals surface area (Å²) in [7, 11) is -3.63. The number of carbonyl (C=O) groups is 2. The Balaban J connectivity index is 1.74. The highest BCUT2D eigenvalue weighted by molar-refractivity contribution is 7.92. The van der Waals surface area contributed by atoms with Gasteiger partial charge in [0.15, 0.2) is 9.84 Å². The van der Waals surface area contributed by atoms with Crippen molar-refractivity contribution in [2.45, 2.75) is 30.4 Å². The van der Waals surface area contributed by atoms with Crippen molar-refractivity contribution in [2.75, 3.05) is 10.7 Å². The van der Waals surface area contributed by atoms with Gasteiger partial charge in [0.2, 0.25) is 5.91 Å². The van der Waals surface area contributed by atoms with E-state index in [9.17, 15) is 18.0 Å². The lowest BCUT2D eigenvalue weighted by Gasteiger charge is -2.35. The maximum absolute atomic E-state index is 13.2. The topological polar surface area (TPSA) is 130 Å². The standard InChI is InChI=1S/C24H24ClN3O5S2/c25-17-6-8-18(9-7-17)28(23(26)30)19-5-3-4-16(14-19)20-10-11-21(34-20)24(15-22(29)27-31)12-1-2-13-35(24,32)33/h3-11,14,31H,1-2,12-13,15H2,(H2,26,30)(H,27,29)/t24-/m0/s1. The number of hydrogen-bond acceptors (Lipinski definition) is 6. The zero-order chi connectivity index (χ0) is 25.2. The van der Waals surface area contributed by atoms with Gasteiger partial charge in [-0.05, 0) is 66.9 Å². The molecule has 0 unspecified atom stereocenters. The fourth-order valence-electron chi connectivity index (χ4n) is 4.44. The molecule has 0 radical (unpaired) electrons. The van der Waals surface area contributed by atoms with Gasteiger partial charge >= 0.3 is 6.03 Å². The number of primary amides is 1. The SMILES string of the molecule is NC(=O)N(c1ccc(Cl)cc1)c1cccc(-c2ccc([C@@]3(CC(=O)NO)CCCCS3(=O)=O)s2)c1. The first-order valence-corrected chi connectivity index (χ1v) is 13.7. The molecule has 2 aromatic carbocycles. The molecule has 0 saturated carbocycles. The Hall–Kier alpha value is -2.92. The third-order valence-corrected chi connectivity index (χ3v) is 10.5. The molecule has 0 spiro atoms. The Morgan fingerprint density at radius 3 is 2.49 bits per heavy atom. The molecule has 4 rings (SSSR count). The van der Waals surface area contributed by atoms with Crippen LogP contribution in [-0.4, -0.2) is 31.3 Å². The first-order valence-electron chi connectivity index (χ1n) is 10.9. The van der Waals surface area contributed by atoms with Crippen LogP contribution in [0.5, 0.6) is 0 Å². The van der Waals surface area contributed by atoms with Crippen LogP contribution in [0, 0.1) is 0 Å². The van der Waals surface area contributed by atoms with Gasteiger partial charge in [-0.1, -0.05) is 30.2 Å². The van der Waals surface area contributed by atoms with E-state index < -0.39 is 26.5 Å². The summed E-state index contributed by atoms with van der Waals surface area (Å²) >= 11 is 7.25. The molecule has 1 aliphatic rings. The van der Waals surface area contributed by atoms with Gasteiger partial charge in [-0.15, -0.1) is 11.3 Å². The maximum atomic E-state index is 13.2. The second-order valence-electron chi connectivity index (χ2n) is 8.35. The summed E-state index contributed by atoms with van der Waals surface area (Å²) in [6.07, 6.45) is 1.15. The van der Waals surface area contributed by atoms with Gasteiger partial charge in [0.05, 0.1) is 23.5 Å². The zero-order valence-electron chi connectivity index (χ0n) is 18.6. The number of halogens is 1. The molecule has 1 saturated heterocycles. The van der Waals surface area contributed by atoms with Crippen LogP contribution in [0.2, 0.25) is 5.02 Å². The fraction of sp³-hybridized carbons (Fsp3) is 0.250. The number of carbonyl (C=O) groups excluding carboxylic acids is 2. The van der Waals surface area contributed by atoms with E-state index in [1.165, 1.54) is 16.2 Å². The molecule has 0 aliphatic carbocycles. The van der Waals surface area contributed by atoms with Crippen molar-refractivity contribution in [1.29, 1.82) is 0 Å². The largest absolute Gasteiger partial charge is 0.351 e. The van der Waals surface area contributed by atoms with Gasteiger partial charge in [-0.3, -0.25) is 14.9 Å². The number of thiophene rings is 1. The second-order valence-corrected chi connectivity index (χ2v) is 12.3. The number of rotatable bonds is 6. The first kappa shape index (κ1) is 25.2. The lowest BCUT2D eigenvalue weighted by molar-refractivity contribution is -0.130. The molecule has 4 N–H and O–H groups in total. The van der Waals surface area contributed by atoms with Crippen molar-refractivity contribution in [3.05, 3.63) is 70.6 Å². The van der Waals surface area contributed by atoms with Crippen molar-refractivity contribution in [1.82, 2.24) is 5.48 Å². The first-order chi connectivity index (χ1) is 16.7. The Morgan fingerprint density at radius 1 is 1.09 bits per heavy atom. The average molecular weight is 534 g/mol. The highest BCUT2D eigenvalue weighted by Gasteiger charge is 2.49. The van der Waals surface area contributed by atoms with Gasteiger partial charge in [-0.25, -0.2) is 18.7 Å². The summed E-state index contributed by atoms with van der Waals surface area (Å²) in [5.74, 6) is -0.754. The van der Waals surface area contributed by atoms with E-state index in [0.717, 1.165) is 10.4 Å². The predicted molar refractivity (Wildman–Crippen MR) is 137 cm³/mol. The minimum absolute atomic E-state index is 0.0108. The van der Waals surface area contributed by atoms with Crippen LogP contribution in [-0.2, 0) is 19.4 Å². The van der Waals surface area contributed by atoms with Gasteiger partial charge in [-0.2, -0.15) is 0 Å². The van der Waals surface area contributed by atoms with E-state index in [1.807, 2.05) is 6.07 Å². The number of nitrogens with one attached hydrogen (secondary N) is 1. The molecule has 184 valence electrons. The molecule has 1 fully saturated rings. The summed E-state index contributed by atoms with van der Waals surface area (Å²) in [4.78, 5) is 27.0. The summed E-state index contributed by atoms with van der Waals surface area (Å²) in [5, 5.41) is 9.60. The van der Waals surface area contributed by atoms with Gasteiger partial charge in [0, 0.05) is 14.8 Å². The number of sulfone groups is 1. The molecule has 8 nitrogen and oxygen atoms in total. The molecule has 35 heavy (non-hydrogen) atoms. The van der Waals surface area contributed by atoms with Crippen molar-refractivity contribution < 1.29 is 23.2 Å². The summed E-state index contributed by atoms with van der Waals surface area (Å²) in [6.45, 7) is 0. The van der Waals surface area contributed by atoms with Gasteiger partial charge < -0.3 is 5.73 Å². The summed E-state index contributed by atoms with van der Waals surface area (Å²) < 4.78 is 25.0. The maximum Gasteiger partial charge on any atom is 0.323 e. The van der Waals surface area contributed by atoms with Crippen LogP contribution >= 0.6 is 22.9 Å². The van der Waals surface area contributed by atoms with Gasteiger partial charge in [0.25, 0.3) is 0 Å². The van der Waals surface area contributed by atoms with Crippen LogP contribution in [0.25, 0.3) is 10.4 Å². The molecule has 1 atom stereocenters. The average Bonchev–Trinajstić information content (AvgIpc) is 3.32. The number of amides is 3. The lowest BCUT2D eigenvalue weighted by Crippen LogP contribution is -2.43. The van der Waals surface area contributed by atoms with E-state index in [-0.39, 0.29) is 12.2 Å². The predicted octanol–water partition coefficient (Wildman–Crippen LogP) is 4.97. The van der Waals surface area contributed by atoms with Crippen LogP contribution < -0.4 is 16.1 Å². The van der Waals surface area contributed by atoms with Crippen LogP contribution in [0.4, 0.5) is 16.2 Å². The van der Waals surface area contributed by atoms with E-state index in [2.05, 4.69) is 0 Å². The minimum Gasteiger partial charge on any atom is -0.351 e. The van der Waals surface area contributed by atoms with Gasteiger partial charge in [0.1, 0.15) is 4.75 Å². The number of nitrogens with two attached hydrogens (primary N) is 1. The lowest BCUT2D eigenvalue weighted by atomic mass is 9.94. The Kier molecular flexibility index (Phi) is 7.18. The quantitative estimate of drug-likeness (QED) is 0.304. The van der Waals surface area contributed by atoms with E-state index in [1.54, 1.807) is 60.1 Å². The molecule has 1 aliphatic heterocycles. The highest BCUT2D eigenvalue weighted by atomic mass is 35.5. The number of nitrogens with zero attached hydrogens (tertiary/aromatic N) is 1. The molecule has 0 bridgehead atoms. The normalized spacial score (nSPS) is 19.1. The Bertz CT molecular complexity index is 1360. The number of hydroxylamine groups is 1. The fourth-order valence-corrected chi connectivity index (χ4v) is 8.35. The van der Waals surface area contributed by atoms with Crippen molar-refractivity contribution in [2.24, 2.45) is 5.73 Å². The Morgan fingerprint density at radius 2 is 1.83 bits per heavy atom. The summed E-state index contributed by atoms with van der Waals surface area (Å²) in [5.41, 5.74) is 9.09. The van der Waals surface area contributed by atoms with Crippen LogP contribution in [0.1, 0.15) is 30.6 Å². The van der Waals surface area contributed by atoms with Crippen molar-refractivity contribution >= 4 is 56.1 Å². The molecular formula is C24H24ClN3O5S2. The monoisotopic (exact) mass is 533 g/mol.